The minimum atomic E-state index is -0.289. The van der Waals surface area contributed by atoms with Gasteiger partial charge in [0.1, 0.15) is 5.82 Å². The van der Waals surface area contributed by atoms with Gasteiger partial charge in [-0.2, -0.15) is 9.97 Å². The predicted octanol–water partition coefficient (Wildman–Crippen LogP) is 3.66. The topological polar surface area (TPSA) is 97.6 Å². The molecule has 0 atom stereocenters. The van der Waals surface area contributed by atoms with Crippen molar-refractivity contribution in [1.29, 1.82) is 0 Å². The van der Waals surface area contributed by atoms with E-state index in [1.807, 2.05) is 47.8 Å². The third-order valence-corrected chi connectivity index (χ3v) is 7.01. The van der Waals surface area contributed by atoms with Gasteiger partial charge in [0, 0.05) is 39.6 Å². The molecule has 4 aromatic rings. The summed E-state index contributed by atoms with van der Waals surface area (Å²) in [6.45, 7) is 2.25. The molecule has 1 fully saturated rings. The number of imidazole rings is 1. The number of rotatable bonds is 10. The van der Waals surface area contributed by atoms with Gasteiger partial charge in [0.05, 0.1) is 12.9 Å². The molecule has 1 aliphatic carbocycles. The first-order chi connectivity index (χ1) is 18.9. The average Bonchev–Trinajstić information content (AvgIpc) is 3.55. The van der Waals surface area contributed by atoms with E-state index >= 15 is 0 Å². The number of fused-ring (bicyclic) bond motifs is 2. The quantitative estimate of drug-likeness (QED) is 0.331. The average molecular weight is 532 g/mol. The first kappa shape index (κ1) is 24.9. The lowest BCUT2D eigenvalue weighted by molar-refractivity contribution is -0.131. The second-order valence-corrected chi connectivity index (χ2v) is 10.0. The van der Waals surface area contributed by atoms with Gasteiger partial charge in [-0.25, -0.2) is 9.37 Å². The molecule has 0 radical (unpaired) electrons. The number of benzene rings is 2. The number of halogens is 1. The van der Waals surface area contributed by atoms with E-state index in [0.29, 0.717) is 54.9 Å². The maximum absolute atomic E-state index is 13.8. The molecule has 39 heavy (non-hydrogen) atoms. The number of nitrogens with one attached hydrogen (secondary N) is 1. The fourth-order valence-electron chi connectivity index (χ4n) is 4.56. The molecule has 1 amide bonds. The third-order valence-electron chi connectivity index (χ3n) is 7.01. The molecule has 2 aromatic heterocycles. The highest BCUT2D eigenvalue weighted by molar-refractivity contribution is 5.84. The molecule has 202 valence electrons. The number of aromatic nitrogens is 4. The normalized spacial score (nSPS) is 14.0. The molecule has 0 unspecified atom stereocenters. The lowest BCUT2D eigenvalue weighted by Crippen LogP contribution is -2.36. The zero-order valence-electron chi connectivity index (χ0n) is 21.9. The maximum atomic E-state index is 13.8. The summed E-state index contributed by atoms with van der Waals surface area (Å²) in [7, 11) is 3.75. The summed E-state index contributed by atoms with van der Waals surface area (Å²) in [4.78, 5) is 30.3. The van der Waals surface area contributed by atoms with E-state index in [1.165, 1.54) is 12.1 Å². The summed E-state index contributed by atoms with van der Waals surface area (Å²) in [5, 5.41) is 3.41. The minimum absolute atomic E-state index is 0.178. The van der Waals surface area contributed by atoms with Crippen molar-refractivity contribution in [2.24, 2.45) is 5.92 Å². The van der Waals surface area contributed by atoms with Crippen LogP contribution in [0.25, 0.3) is 11.2 Å². The van der Waals surface area contributed by atoms with Crippen molar-refractivity contribution in [1.82, 2.24) is 24.4 Å². The number of likely N-dealkylation sites (N-methyl/N-ethyl adjacent to an activating group) is 2. The summed E-state index contributed by atoms with van der Waals surface area (Å²) in [5.41, 5.74) is 3.05. The lowest BCUT2D eigenvalue weighted by Gasteiger charge is -2.23. The molecule has 0 bridgehead atoms. The first-order valence-corrected chi connectivity index (χ1v) is 13.0. The van der Waals surface area contributed by atoms with Gasteiger partial charge < -0.3 is 29.2 Å². The Labute approximate surface area is 225 Å². The van der Waals surface area contributed by atoms with Crippen molar-refractivity contribution >= 4 is 28.8 Å². The number of hydrogen-bond acceptors (Lipinski definition) is 8. The number of amides is 1. The predicted molar refractivity (Wildman–Crippen MR) is 144 cm³/mol. The maximum Gasteiger partial charge on any atom is 0.231 e. The number of anilines is 2. The van der Waals surface area contributed by atoms with Gasteiger partial charge in [-0.1, -0.05) is 18.2 Å². The molecule has 2 aliphatic rings. The molecular formula is C28H30FN7O3. The van der Waals surface area contributed by atoms with Crippen LogP contribution in [0.5, 0.6) is 11.5 Å². The second-order valence-electron chi connectivity index (χ2n) is 10.0. The van der Waals surface area contributed by atoms with Gasteiger partial charge in [0.25, 0.3) is 0 Å². The monoisotopic (exact) mass is 531 g/mol. The molecule has 6 rings (SSSR count). The molecule has 1 saturated carbocycles. The second kappa shape index (κ2) is 10.4. The highest BCUT2D eigenvalue weighted by atomic mass is 19.1. The van der Waals surface area contributed by atoms with Crippen molar-refractivity contribution in [2.45, 2.75) is 25.9 Å². The fourth-order valence-corrected chi connectivity index (χ4v) is 4.56. The zero-order chi connectivity index (χ0) is 26.9. The Morgan fingerprint density at radius 2 is 1.92 bits per heavy atom. The largest absolute Gasteiger partial charge is 0.454 e. The molecule has 0 spiro atoms. The molecule has 10 nitrogen and oxygen atoms in total. The van der Waals surface area contributed by atoms with Crippen molar-refractivity contribution < 1.29 is 18.7 Å². The zero-order valence-corrected chi connectivity index (χ0v) is 21.9. The van der Waals surface area contributed by atoms with E-state index in [1.54, 1.807) is 17.3 Å². The Bertz CT molecular complexity index is 1520. The van der Waals surface area contributed by atoms with Gasteiger partial charge in [-0.05, 0) is 48.2 Å². The van der Waals surface area contributed by atoms with E-state index in [2.05, 4.69) is 10.3 Å². The number of hydrogen-bond donors (Lipinski definition) is 1. The smallest absolute Gasteiger partial charge is 0.231 e. The van der Waals surface area contributed by atoms with E-state index in [4.69, 9.17) is 19.4 Å². The number of ether oxygens (including phenoxy) is 2. The van der Waals surface area contributed by atoms with Crippen molar-refractivity contribution in [3.63, 3.8) is 0 Å². The highest BCUT2D eigenvalue weighted by Gasteiger charge is 2.32. The molecule has 11 heteroatoms. The Balaban J connectivity index is 1.27. The van der Waals surface area contributed by atoms with Crippen LogP contribution in [0.3, 0.4) is 0 Å². The SMILES string of the molecule is CN(CCN(C)c1nc(NCc2ccc3c(c2)OCO3)c2ncn(Cc3cccc(F)c3)c2n1)C(=O)C1CC1. The molecular weight excluding hydrogens is 501 g/mol. The van der Waals surface area contributed by atoms with E-state index < -0.39 is 0 Å². The summed E-state index contributed by atoms with van der Waals surface area (Å²) in [5.74, 6) is 2.61. The summed E-state index contributed by atoms with van der Waals surface area (Å²) in [6, 6.07) is 12.3. The van der Waals surface area contributed by atoms with Gasteiger partial charge in [0.2, 0.25) is 18.6 Å². The Kier molecular flexibility index (Phi) is 6.64. The number of carbonyl (C=O) groups excluding carboxylic acids is 1. The van der Waals surface area contributed by atoms with Crippen molar-refractivity contribution in [3.8, 4) is 11.5 Å². The van der Waals surface area contributed by atoms with E-state index in [9.17, 15) is 9.18 Å². The van der Waals surface area contributed by atoms with Crippen LogP contribution in [-0.4, -0.2) is 64.3 Å². The van der Waals surface area contributed by atoms with Gasteiger partial charge >= 0.3 is 0 Å². The van der Waals surface area contributed by atoms with Gasteiger partial charge in [-0.3, -0.25) is 4.79 Å². The molecule has 1 aliphatic heterocycles. The van der Waals surface area contributed by atoms with Crippen LogP contribution in [0.4, 0.5) is 16.2 Å². The van der Waals surface area contributed by atoms with E-state index in [-0.39, 0.29) is 24.4 Å². The lowest BCUT2D eigenvalue weighted by atomic mass is 10.2. The van der Waals surface area contributed by atoms with Crippen LogP contribution in [0.1, 0.15) is 24.0 Å². The highest BCUT2D eigenvalue weighted by Crippen LogP contribution is 2.33. The van der Waals surface area contributed by atoms with Crippen LogP contribution >= 0.6 is 0 Å². The molecule has 0 saturated heterocycles. The van der Waals surface area contributed by atoms with Crippen molar-refractivity contribution in [3.05, 3.63) is 65.7 Å². The van der Waals surface area contributed by atoms with Crippen molar-refractivity contribution in [2.75, 3.05) is 44.2 Å². The van der Waals surface area contributed by atoms with Crippen LogP contribution in [-0.2, 0) is 17.9 Å². The summed E-state index contributed by atoms with van der Waals surface area (Å²) in [6.07, 6.45) is 3.65. The molecule has 2 aromatic carbocycles. The molecule has 3 heterocycles. The number of carbonyl (C=O) groups is 1. The summed E-state index contributed by atoms with van der Waals surface area (Å²) < 4.78 is 26.6. The van der Waals surface area contributed by atoms with Crippen LogP contribution in [0, 0.1) is 11.7 Å². The standard InChI is InChI=1S/C28H30FN7O3/c1-34(27(37)20-7-8-20)10-11-35(2)28-32-25(30-14-18-6-9-22-23(13-18)39-17-38-22)24-26(33-28)36(16-31-24)15-19-4-3-5-21(29)12-19/h3-6,9,12-13,16,20H,7-8,10-11,14-15,17H2,1-2H3,(H,30,32,33). The number of nitrogens with zero attached hydrogens (tertiary/aromatic N) is 6. The van der Waals surface area contributed by atoms with Gasteiger partial charge in [-0.15, -0.1) is 0 Å². The van der Waals surface area contributed by atoms with Crippen LogP contribution in [0.15, 0.2) is 48.8 Å². The van der Waals surface area contributed by atoms with Gasteiger partial charge in [0.15, 0.2) is 28.5 Å². The van der Waals surface area contributed by atoms with Crippen LogP contribution in [0.2, 0.25) is 0 Å². The Hall–Kier alpha value is -4.41. The third kappa shape index (κ3) is 5.43. The van der Waals surface area contributed by atoms with E-state index in [0.717, 1.165) is 29.7 Å². The molecule has 1 N–H and O–H groups in total. The Morgan fingerprint density at radius 1 is 1.08 bits per heavy atom. The Morgan fingerprint density at radius 3 is 2.74 bits per heavy atom. The summed E-state index contributed by atoms with van der Waals surface area (Å²) >= 11 is 0. The van der Waals surface area contributed by atoms with Crippen LogP contribution < -0.4 is 19.7 Å². The first-order valence-electron chi connectivity index (χ1n) is 13.0. The fraction of sp³-hybridized carbons (Fsp3) is 0.357. The minimum Gasteiger partial charge on any atom is -0.454 e.